The highest BCUT2D eigenvalue weighted by atomic mass is 19.1. The number of carboxylic acids is 1. The minimum atomic E-state index is -2.59. The monoisotopic (exact) mass is 324 g/mol. The van der Waals surface area contributed by atoms with Gasteiger partial charge in [0.1, 0.15) is 5.82 Å². The highest BCUT2D eigenvalue weighted by Crippen LogP contribution is 2.34. The van der Waals surface area contributed by atoms with Crippen LogP contribution >= 0.6 is 0 Å². The van der Waals surface area contributed by atoms with Crippen molar-refractivity contribution in [1.82, 2.24) is 0 Å². The molecule has 8 heteroatoms. The predicted molar refractivity (Wildman–Crippen MR) is 73.5 cm³/mol. The van der Waals surface area contributed by atoms with Crippen LogP contribution in [0.25, 0.3) is 5.57 Å². The molecule has 2 N–H and O–H groups in total. The van der Waals surface area contributed by atoms with Crippen LogP contribution in [-0.4, -0.2) is 46.4 Å². The number of aliphatic hydroxyl groups excluding tert-OH is 1. The molecule has 1 aliphatic heterocycles. The molecule has 2 atom stereocenters. The molecule has 2 unspecified atom stereocenters. The summed E-state index contributed by atoms with van der Waals surface area (Å²) in [5.74, 6) is -4.57. The van der Waals surface area contributed by atoms with Crippen molar-refractivity contribution < 1.29 is 38.5 Å². The van der Waals surface area contributed by atoms with E-state index < -0.39 is 35.4 Å². The van der Waals surface area contributed by atoms with E-state index in [1.807, 2.05) is 0 Å². The van der Waals surface area contributed by atoms with Gasteiger partial charge in [-0.1, -0.05) is 12.1 Å². The van der Waals surface area contributed by atoms with Gasteiger partial charge in [0.15, 0.2) is 0 Å². The fourth-order valence-electron chi connectivity index (χ4n) is 2.10. The molecular weight excluding hydrogens is 311 g/mol. The van der Waals surface area contributed by atoms with E-state index in [0.29, 0.717) is 0 Å². The number of hydrogen-bond donors (Lipinski definition) is 2. The highest BCUT2D eigenvalue weighted by Gasteiger charge is 2.56. The number of hydrogen-bond acceptors (Lipinski definition) is 6. The molecule has 0 fully saturated rings. The Morgan fingerprint density at radius 2 is 1.96 bits per heavy atom. The molecule has 0 aromatic heterocycles. The highest BCUT2D eigenvalue weighted by molar-refractivity contribution is 6.21. The van der Waals surface area contributed by atoms with E-state index >= 15 is 0 Å². The van der Waals surface area contributed by atoms with Crippen LogP contribution in [0, 0.1) is 5.82 Å². The average molecular weight is 324 g/mol. The minimum absolute atomic E-state index is 0.0892. The third kappa shape index (κ3) is 2.93. The van der Waals surface area contributed by atoms with Crippen molar-refractivity contribution in [3.05, 3.63) is 41.7 Å². The smallest absolute Gasteiger partial charge is 0.355 e. The van der Waals surface area contributed by atoms with Gasteiger partial charge in [-0.15, -0.1) is 0 Å². The molecule has 23 heavy (non-hydrogen) atoms. The SMILES string of the molecule is CCOC(=O)C(O)C1(C(=O)O)C=C(c2ccc(F)cc2)C(=O)O1. The number of benzene rings is 1. The first-order valence-corrected chi connectivity index (χ1v) is 6.62. The number of carboxylic acid groups (broad SMARTS) is 1. The van der Waals surface area contributed by atoms with Crippen molar-refractivity contribution >= 4 is 23.5 Å². The van der Waals surface area contributed by atoms with Crippen LogP contribution in [0.3, 0.4) is 0 Å². The molecule has 0 saturated carbocycles. The zero-order valence-electron chi connectivity index (χ0n) is 12.0. The molecule has 0 saturated heterocycles. The van der Waals surface area contributed by atoms with Crippen LogP contribution in [0.2, 0.25) is 0 Å². The zero-order chi connectivity index (χ0) is 17.2. The first-order valence-electron chi connectivity index (χ1n) is 6.62. The van der Waals surface area contributed by atoms with E-state index in [0.717, 1.165) is 18.2 Å². The number of carbonyl (C=O) groups is 3. The van der Waals surface area contributed by atoms with Crippen LogP contribution in [-0.2, 0) is 23.9 Å². The van der Waals surface area contributed by atoms with Gasteiger partial charge in [0.05, 0.1) is 12.2 Å². The minimum Gasteiger partial charge on any atom is -0.478 e. The third-order valence-corrected chi connectivity index (χ3v) is 3.25. The van der Waals surface area contributed by atoms with Crippen LogP contribution in [0.5, 0.6) is 0 Å². The molecule has 1 aliphatic rings. The maximum atomic E-state index is 12.9. The van der Waals surface area contributed by atoms with Gasteiger partial charge in [0.25, 0.3) is 5.60 Å². The first-order chi connectivity index (χ1) is 10.8. The van der Waals surface area contributed by atoms with Crippen LogP contribution in [0.1, 0.15) is 12.5 Å². The van der Waals surface area contributed by atoms with Crippen molar-refractivity contribution in [1.29, 1.82) is 0 Å². The number of rotatable bonds is 5. The standard InChI is InChI=1S/C15H13FO7/c1-2-22-13(19)11(17)15(14(20)21)7-10(12(18)23-15)8-3-5-9(16)6-4-8/h3-7,11,17H,2H2,1H3,(H,20,21). The number of cyclic esters (lactones) is 1. The summed E-state index contributed by atoms with van der Waals surface area (Å²) in [4.78, 5) is 35.1. The number of carbonyl (C=O) groups excluding carboxylic acids is 2. The Morgan fingerprint density at radius 3 is 2.48 bits per heavy atom. The lowest BCUT2D eigenvalue weighted by Crippen LogP contribution is -2.53. The maximum Gasteiger partial charge on any atom is 0.355 e. The number of ether oxygens (including phenoxy) is 2. The van der Waals surface area contributed by atoms with Crippen LogP contribution in [0.4, 0.5) is 4.39 Å². The molecule has 1 aromatic rings. The molecule has 1 aromatic carbocycles. The maximum absolute atomic E-state index is 12.9. The molecule has 0 bridgehead atoms. The lowest BCUT2D eigenvalue weighted by molar-refractivity contribution is -0.187. The topological polar surface area (TPSA) is 110 Å². The second-order valence-corrected chi connectivity index (χ2v) is 4.71. The van der Waals surface area contributed by atoms with Gasteiger partial charge >= 0.3 is 17.9 Å². The van der Waals surface area contributed by atoms with Crippen molar-refractivity contribution in [3.63, 3.8) is 0 Å². The van der Waals surface area contributed by atoms with Crippen molar-refractivity contribution in [2.45, 2.75) is 18.6 Å². The van der Waals surface area contributed by atoms with Crippen molar-refractivity contribution in [2.75, 3.05) is 6.61 Å². The van der Waals surface area contributed by atoms with Gasteiger partial charge in [-0.05, 0) is 30.7 Å². The van der Waals surface area contributed by atoms with Crippen molar-refractivity contribution in [3.8, 4) is 0 Å². The summed E-state index contributed by atoms with van der Waals surface area (Å²) in [5.41, 5.74) is -2.60. The summed E-state index contributed by atoms with van der Waals surface area (Å²) >= 11 is 0. The molecule has 122 valence electrons. The van der Waals surface area contributed by atoms with Gasteiger partial charge in [0, 0.05) is 0 Å². The van der Waals surface area contributed by atoms with Gasteiger partial charge in [-0.3, -0.25) is 0 Å². The summed E-state index contributed by atoms with van der Waals surface area (Å²) in [6.45, 7) is 1.38. The summed E-state index contributed by atoms with van der Waals surface area (Å²) in [7, 11) is 0. The molecule has 7 nitrogen and oxygen atoms in total. The van der Waals surface area contributed by atoms with Gasteiger partial charge in [0.2, 0.25) is 6.10 Å². The fraction of sp³-hybridized carbons (Fsp3) is 0.267. The number of esters is 2. The third-order valence-electron chi connectivity index (χ3n) is 3.25. The molecule has 0 amide bonds. The van der Waals surface area contributed by atoms with Gasteiger partial charge in [-0.2, -0.15) is 0 Å². The molecule has 0 radical (unpaired) electrons. The Hall–Kier alpha value is -2.74. The van der Waals surface area contributed by atoms with E-state index in [2.05, 4.69) is 4.74 Å². The molecule has 1 heterocycles. The van der Waals surface area contributed by atoms with Gasteiger partial charge in [-0.25, -0.2) is 18.8 Å². The second kappa shape index (κ2) is 6.17. The van der Waals surface area contributed by atoms with Gasteiger partial charge < -0.3 is 19.7 Å². The normalized spacial score (nSPS) is 21.3. The molecular formula is C15H13FO7. The quantitative estimate of drug-likeness (QED) is 0.759. The number of halogens is 1. The van der Waals surface area contributed by atoms with E-state index in [1.165, 1.54) is 19.1 Å². The Bertz CT molecular complexity index is 680. The van der Waals surface area contributed by atoms with E-state index in [4.69, 9.17) is 4.74 Å². The molecule has 2 rings (SSSR count). The van der Waals surface area contributed by atoms with E-state index in [9.17, 15) is 29.0 Å². The molecule has 0 spiro atoms. The van der Waals surface area contributed by atoms with Crippen LogP contribution < -0.4 is 0 Å². The molecule has 0 aliphatic carbocycles. The Morgan fingerprint density at radius 1 is 1.35 bits per heavy atom. The summed E-state index contributed by atoms with van der Waals surface area (Å²) < 4.78 is 22.3. The Kier molecular flexibility index (Phi) is 4.46. The largest absolute Gasteiger partial charge is 0.478 e. The predicted octanol–water partition coefficient (Wildman–Crippen LogP) is 0.513. The fourth-order valence-corrected chi connectivity index (χ4v) is 2.10. The summed E-state index contributed by atoms with van der Waals surface area (Å²) in [5, 5.41) is 19.3. The van der Waals surface area contributed by atoms with E-state index in [-0.39, 0.29) is 17.7 Å². The number of aliphatic hydroxyl groups is 1. The lowest BCUT2D eigenvalue weighted by Gasteiger charge is -2.25. The number of aliphatic carboxylic acids is 1. The van der Waals surface area contributed by atoms with Crippen LogP contribution in [0.15, 0.2) is 30.3 Å². The zero-order valence-corrected chi connectivity index (χ0v) is 12.0. The summed E-state index contributed by atoms with van der Waals surface area (Å²) in [6, 6.07) is 4.65. The average Bonchev–Trinajstić information content (AvgIpc) is 2.86. The first kappa shape index (κ1) is 16.6. The second-order valence-electron chi connectivity index (χ2n) is 4.71. The summed E-state index contributed by atoms with van der Waals surface area (Å²) in [6.07, 6.45) is -1.41. The van der Waals surface area contributed by atoms with E-state index in [1.54, 1.807) is 0 Å². The Labute approximate surface area is 129 Å². The van der Waals surface area contributed by atoms with Crippen molar-refractivity contribution in [2.24, 2.45) is 0 Å². The lowest BCUT2D eigenvalue weighted by atomic mass is 9.94. The Balaban J connectivity index is 2.46.